The molecular formula is C27H20F2N4O3. The summed E-state index contributed by atoms with van der Waals surface area (Å²) >= 11 is 0. The lowest BCUT2D eigenvalue weighted by molar-refractivity contribution is 0.0827. The van der Waals surface area contributed by atoms with Crippen molar-refractivity contribution >= 4 is 16.9 Å². The summed E-state index contributed by atoms with van der Waals surface area (Å²) in [6.07, 6.45) is 1.65. The highest BCUT2D eigenvalue weighted by Gasteiger charge is 2.17. The van der Waals surface area contributed by atoms with Crippen molar-refractivity contribution in [3.05, 3.63) is 96.2 Å². The largest absolute Gasteiger partial charge is 0.457 e. The van der Waals surface area contributed by atoms with Gasteiger partial charge in [-0.3, -0.25) is 9.78 Å². The van der Waals surface area contributed by atoms with Crippen molar-refractivity contribution in [2.45, 2.75) is 0 Å². The number of aromatic nitrogens is 3. The topological polar surface area (TPSA) is 80.3 Å². The number of nitrogens with zero attached hydrogens (tertiary/aromatic N) is 3. The molecule has 5 aromatic rings. The van der Waals surface area contributed by atoms with Gasteiger partial charge < -0.3 is 19.4 Å². The van der Waals surface area contributed by atoms with Crippen molar-refractivity contribution in [3.8, 4) is 34.5 Å². The fraction of sp³-hybridized carbons (Fsp3) is 0.0741. The number of nitrogens with one attached hydrogen (secondary N) is 1. The van der Waals surface area contributed by atoms with E-state index in [2.05, 4.69) is 15.0 Å². The molecule has 7 nitrogen and oxygen atoms in total. The Bertz CT molecular complexity index is 1550. The molecule has 0 aliphatic heterocycles. The molecule has 9 heteroatoms. The maximum absolute atomic E-state index is 14.3. The van der Waals surface area contributed by atoms with Crippen molar-refractivity contribution in [2.75, 3.05) is 14.1 Å². The lowest BCUT2D eigenvalue weighted by Gasteiger charge is -2.12. The number of aromatic amines is 1. The lowest BCUT2D eigenvalue weighted by Crippen LogP contribution is -2.21. The predicted octanol–water partition coefficient (Wildman–Crippen LogP) is 6.19. The van der Waals surface area contributed by atoms with Crippen molar-refractivity contribution < 1.29 is 23.0 Å². The zero-order valence-electron chi connectivity index (χ0n) is 19.3. The van der Waals surface area contributed by atoms with Crippen molar-refractivity contribution in [1.82, 2.24) is 19.9 Å². The van der Waals surface area contributed by atoms with Crippen LogP contribution in [-0.4, -0.2) is 39.9 Å². The van der Waals surface area contributed by atoms with Gasteiger partial charge in [-0.25, -0.2) is 13.8 Å². The van der Waals surface area contributed by atoms with Crippen molar-refractivity contribution in [3.63, 3.8) is 0 Å². The Balaban J connectivity index is 1.54. The number of hydrogen-bond acceptors (Lipinski definition) is 5. The number of halogens is 2. The summed E-state index contributed by atoms with van der Waals surface area (Å²) in [5, 5.41) is 0. The molecule has 36 heavy (non-hydrogen) atoms. The minimum absolute atomic E-state index is 0.125. The van der Waals surface area contributed by atoms with E-state index in [1.165, 1.54) is 11.0 Å². The maximum Gasteiger partial charge on any atom is 0.253 e. The molecule has 0 saturated heterocycles. The van der Waals surface area contributed by atoms with Gasteiger partial charge in [0.05, 0.1) is 5.52 Å². The zero-order chi connectivity index (χ0) is 25.2. The minimum Gasteiger partial charge on any atom is -0.457 e. The third-order valence-corrected chi connectivity index (χ3v) is 5.29. The van der Waals surface area contributed by atoms with E-state index in [9.17, 15) is 13.6 Å². The summed E-state index contributed by atoms with van der Waals surface area (Å²) in [7, 11) is 3.36. The molecular weight excluding hydrogens is 466 g/mol. The summed E-state index contributed by atoms with van der Waals surface area (Å²) in [5.41, 5.74) is 2.10. The number of hydrogen-bond donors (Lipinski definition) is 1. The first-order valence-electron chi connectivity index (χ1n) is 10.9. The van der Waals surface area contributed by atoms with Gasteiger partial charge in [-0.1, -0.05) is 6.07 Å². The quantitative estimate of drug-likeness (QED) is 0.310. The van der Waals surface area contributed by atoms with E-state index in [0.29, 0.717) is 39.6 Å². The minimum atomic E-state index is -0.851. The van der Waals surface area contributed by atoms with E-state index < -0.39 is 11.6 Å². The molecule has 0 aliphatic carbocycles. The molecule has 0 radical (unpaired) electrons. The number of pyridine rings is 1. The number of fused-ring (bicyclic) bond motifs is 1. The van der Waals surface area contributed by atoms with Crippen LogP contribution in [0.2, 0.25) is 0 Å². The Morgan fingerprint density at radius 3 is 2.39 bits per heavy atom. The Morgan fingerprint density at radius 1 is 0.889 bits per heavy atom. The Hall–Kier alpha value is -4.79. The second-order valence-corrected chi connectivity index (χ2v) is 8.12. The van der Waals surface area contributed by atoms with Gasteiger partial charge in [0.2, 0.25) is 0 Å². The average molecular weight is 486 g/mol. The highest BCUT2D eigenvalue weighted by Crippen LogP contribution is 2.37. The number of imidazole rings is 1. The molecule has 5 rings (SSSR count). The van der Waals surface area contributed by atoms with Gasteiger partial charge >= 0.3 is 0 Å². The number of ether oxygens (including phenoxy) is 2. The fourth-order valence-corrected chi connectivity index (χ4v) is 3.56. The fourth-order valence-electron chi connectivity index (χ4n) is 3.56. The third kappa shape index (κ3) is 4.72. The van der Waals surface area contributed by atoms with Gasteiger partial charge in [-0.15, -0.1) is 0 Å². The third-order valence-electron chi connectivity index (χ3n) is 5.29. The summed E-state index contributed by atoms with van der Waals surface area (Å²) in [4.78, 5) is 25.7. The van der Waals surface area contributed by atoms with Crippen LogP contribution in [0, 0.1) is 11.6 Å². The van der Waals surface area contributed by atoms with Crippen LogP contribution in [0.15, 0.2) is 79.0 Å². The Labute approximate surface area is 205 Å². The van der Waals surface area contributed by atoms with Crippen LogP contribution in [0.25, 0.3) is 22.6 Å². The normalized spacial score (nSPS) is 10.9. The molecule has 0 fully saturated rings. The molecule has 2 heterocycles. The second kappa shape index (κ2) is 9.46. The van der Waals surface area contributed by atoms with Crippen molar-refractivity contribution in [1.29, 1.82) is 0 Å². The first-order valence-corrected chi connectivity index (χ1v) is 10.9. The summed E-state index contributed by atoms with van der Waals surface area (Å²) in [5.74, 6) is -0.310. The van der Waals surface area contributed by atoms with Gasteiger partial charge in [0.25, 0.3) is 5.91 Å². The number of carbonyl (C=O) groups is 1. The number of benzene rings is 3. The SMILES string of the molecule is CN(C)C(=O)c1ccc(Oc2cc(Oc3ccc(F)cc3F)c3nc(-c4ccccn4)[nH]c3c2)cc1. The molecule has 1 amide bonds. The van der Waals surface area contributed by atoms with Crippen LogP contribution in [0.5, 0.6) is 23.0 Å². The van der Waals surface area contributed by atoms with Crippen LogP contribution >= 0.6 is 0 Å². The molecule has 0 bridgehead atoms. The Kier molecular flexibility index (Phi) is 6.03. The van der Waals surface area contributed by atoms with Gasteiger partial charge in [0, 0.05) is 44.1 Å². The standard InChI is InChI=1S/C27H20F2N4O3/c1-33(2)27(34)16-6-9-18(10-7-16)35-19-14-22-25(32-26(31-22)21-5-3-4-12-30-21)24(15-19)36-23-11-8-17(28)13-20(23)29/h3-15H,1-2H3,(H,31,32). The van der Waals surface area contributed by atoms with Crippen LogP contribution in [0.3, 0.4) is 0 Å². The molecule has 0 saturated carbocycles. The van der Waals surface area contributed by atoms with Crippen molar-refractivity contribution in [2.24, 2.45) is 0 Å². The molecule has 0 unspecified atom stereocenters. The molecule has 0 spiro atoms. The molecule has 2 aromatic heterocycles. The van der Waals surface area contributed by atoms with E-state index >= 15 is 0 Å². The molecule has 0 aliphatic rings. The van der Waals surface area contributed by atoms with E-state index in [0.717, 1.165) is 12.1 Å². The van der Waals surface area contributed by atoms with Crippen LogP contribution in [0.4, 0.5) is 8.78 Å². The smallest absolute Gasteiger partial charge is 0.253 e. The number of rotatable bonds is 6. The summed E-state index contributed by atoms with van der Waals surface area (Å²) in [6.45, 7) is 0. The molecule has 1 N–H and O–H groups in total. The van der Waals surface area contributed by atoms with E-state index in [4.69, 9.17) is 9.47 Å². The van der Waals surface area contributed by atoms with Gasteiger partial charge in [-0.2, -0.15) is 0 Å². The number of amides is 1. The molecule has 0 atom stereocenters. The van der Waals surface area contributed by atoms with Gasteiger partial charge in [0.1, 0.15) is 28.5 Å². The van der Waals surface area contributed by atoms with Crippen LogP contribution in [-0.2, 0) is 0 Å². The van der Waals surface area contributed by atoms with Gasteiger partial charge in [-0.05, 0) is 48.5 Å². The predicted molar refractivity (Wildman–Crippen MR) is 130 cm³/mol. The highest BCUT2D eigenvalue weighted by atomic mass is 19.1. The van der Waals surface area contributed by atoms with Crippen LogP contribution in [0.1, 0.15) is 10.4 Å². The van der Waals surface area contributed by atoms with Crippen LogP contribution < -0.4 is 9.47 Å². The molecule has 180 valence electrons. The average Bonchev–Trinajstić information content (AvgIpc) is 3.31. The van der Waals surface area contributed by atoms with Gasteiger partial charge in [0.15, 0.2) is 23.1 Å². The number of carbonyl (C=O) groups excluding carboxylic acids is 1. The number of H-pyrrole nitrogens is 1. The monoisotopic (exact) mass is 486 g/mol. The van der Waals surface area contributed by atoms with E-state index in [-0.39, 0.29) is 17.4 Å². The highest BCUT2D eigenvalue weighted by molar-refractivity contribution is 5.94. The van der Waals surface area contributed by atoms with E-state index in [1.807, 2.05) is 6.07 Å². The summed E-state index contributed by atoms with van der Waals surface area (Å²) < 4.78 is 39.6. The Morgan fingerprint density at radius 2 is 1.69 bits per heavy atom. The first-order chi connectivity index (χ1) is 17.4. The lowest BCUT2D eigenvalue weighted by atomic mass is 10.2. The summed E-state index contributed by atoms with van der Waals surface area (Å²) in [6, 6.07) is 18.4. The first kappa shape index (κ1) is 23.0. The maximum atomic E-state index is 14.3. The zero-order valence-corrected chi connectivity index (χ0v) is 19.3. The molecule has 3 aromatic carbocycles. The second-order valence-electron chi connectivity index (χ2n) is 8.12. The van der Waals surface area contributed by atoms with E-state index in [1.54, 1.807) is 68.8 Å².